The number of esters is 4. The molecule has 0 fully saturated rings. The summed E-state index contributed by atoms with van der Waals surface area (Å²) in [6.45, 7) is 7.37. The van der Waals surface area contributed by atoms with Crippen LogP contribution in [-0.2, 0) is 65.4 Å². The molecule has 0 radical (unpaired) electrons. The highest BCUT2D eigenvalue weighted by Crippen LogP contribution is 2.45. The summed E-state index contributed by atoms with van der Waals surface area (Å²) >= 11 is 0. The van der Waals surface area contributed by atoms with Crippen LogP contribution in [0.2, 0.25) is 0 Å². The Balaban J connectivity index is 5.25. The van der Waals surface area contributed by atoms with Gasteiger partial charge in [0.05, 0.1) is 26.4 Å². The van der Waals surface area contributed by atoms with Crippen LogP contribution in [0.4, 0.5) is 0 Å². The van der Waals surface area contributed by atoms with E-state index in [0.717, 1.165) is 95.8 Å². The van der Waals surface area contributed by atoms with E-state index in [-0.39, 0.29) is 25.7 Å². The summed E-state index contributed by atoms with van der Waals surface area (Å²) in [5.74, 6) is -1.30. The maximum atomic E-state index is 13.1. The van der Waals surface area contributed by atoms with Crippen molar-refractivity contribution in [3.8, 4) is 0 Å². The monoisotopic (exact) mass is 1480 g/mol. The van der Waals surface area contributed by atoms with Gasteiger partial charge in [-0.2, -0.15) is 0 Å². The van der Waals surface area contributed by atoms with Crippen molar-refractivity contribution < 1.29 is 80.2 Å². The number of hydrogen-bond donors (Lipinski definition) is 3. The number of unbranched alkanes of at least 4 members (excludes halogenated alkanes) is 53. The van der Waals surface area contributed by atoms with Gasteiger partial charge in [0.25, 0.3) is 0 Å². The molecule has 0 spiro atoms. The fourth-order valence-corrected chi connectivity index (χ4v) is 14.3. The van der Waals surface area contributed by atoms with Crippen LogP contribution >= 0.6 is 15.6 Å². The Morgan fingerprint density at radius 1 is 0.277 bits per heavy atom. The van der Waals surface area contributed by atoms with Crippen LogP contribution in [0.25, 0.3) is 0 Å². The molecule has 3 unspecified atom stereocenters. The summed E-state index contributed by atoms with van der Waals surface area (Å²) in [6.07, 6.45) is 66.4. The van der Waals surface area contributed by atoms with Crippen molar-refractivity contribution in [2.75, 3.05) is 39.6 Å². The largest absolute Gasteiger partial charge is 0.472 e. The average Bonchev–Trinajstić information content (AvgIpc) is 0.939. The molecule has 0 aliphatic heterocycles. The summed E-state index contributed by atoms with van der Waals surface area (Å²) in [5, 5.41) is 10.7. The van der Waals surface area contributed by atoms with Crippen molar-refractivity contribution >= 4 is 39.5 Å². The first kappa shape index (κ1) is 99.1. The van der Waals surface area contributed by atoms with E-state index in [4.69, 9.17) is 37.0 Å². The van der Waals surface area contributed by atoms with Gasteiger partial charge in [0.1, 0.15) is 19.3 Å². The zero-order valence-corrected chi connectivity index (χ0v) is 67.8. The van der Waals surface area contributed by atoms with E-state index in [1.54, 1.807) is 0 Å². The van der Waals surface area contributed by atoms with Gasteiger partial charge in [-0.1, -0.05) is 388 Å². The molecule has 0 aromatic carbocycles. The highest BCUT2D eigenvalue weighted by Gasteiger charge is 2.30. The topological polar surface area (TPSA) is 237 Å². The number of phosphoric acid groups is 2. The van der Waals surface area contributed by atoms with E-state index >= 15 is 0 Å². The van der Waals surface area contributed by atoms with E-state index in [9.17, 15) is 43.2 Å². The van der Waals surface area contributed by atoms with Crippen molar-refractivity contribution in [1.82, 2.24) is 0 Å². The third-order valence-electron chi connectivity index (χ3n) is 19.6. The third-order valence-corrected chi connectivity index (χ3v) is 21.5. The Morgan fingerprint density at radius 3 is 0.703 bits per heavy atom. The third kappa shape index (κ3) is 74.7. The Morgan fingerprint density at radius 2 is 0.475 bits per heavy atom. The van der Waals surface area contributed by atoms with E-state index in [1.165, 1.54) is 263 Å². The van der Waals surface area contributed by atoms with E-state index in [2.05, 4.69) is 34.6 Å². The molecule has 19 heteroatoms. The zero-order valence-electron chi connectivity index (χ0n) is 66.1. The zero-order chi connectivity index (χ0) is 74.1. The Hall–Kier alpha value is -1.94. The summed E-state index contributed by atoms with van der Waals surface area (Å²) in [4.78, 5) is 73.1. The highest BCUT2D eigenvalue weighted by molar-refractivity contribution is 7.47. The number of ether oxygens (including phenoxy) is 4. The smallest absolute Gasteiger partial charge is 0.462 e. The summed E-state index contributed by atoms with van der Waals surface area (Å²) in [5.41, 5.74) is 0. The van der Waals surface area contributed by atoms with Crippen LogP contribution in [0.15, 0.2) is 0 Å². The van der Waals surface area contributed by atoms with Crippen LogP contribution in [0.5, 0.6) is 0 Å². The molecule has 0 aromatic rings. The van der Waals surface area contributed by atoms with E-state index < -0.39 is 97.5 Å². The quantitative estimate of drug-likeness (QED) is 0.0222. The van der Waals surface area contributed by atoms with Crippen molar-refractivity contribution in [3.05, 3.63) is 0 Å². The van der Waals surface area contributed by atoms with Gasteiger partial charge < -0.3 is 33.8 Å². The van der Waals surface area contributed by atoms with E-state index in [0.29, 0.717) is 25.7 Å². The van der Waals surface area contributed by atoms with Gasteiger partial charge in [0, 0.05) is 25.7 Å². The molecule has 0 saturated heterocycles. The fourth-order valence-electron chi connectivity index (χ4n) is 12.7. The SMILES string of the molecule is CCCCCCCCCCCCCCCCCCCCCCC(=O)O[C@H](COC(=O)CCCCCCCCCCCCCCCCC)COP(=O)(O)OC[C@@H](O)COP(=O)(O)OC[C@@H](COC(=O)CCCCCCCCCCCCCC)OC(=O)CCCCCCCCCCCCC(C)CC. The maximum absolute atomic E-state index is 13.1. The van der Waals surface area contributed by atoms with Crippen LogP contribution in [0.3, 0.4) is 0 Å². The molecule has 0 heterocycles. The van der Waals surface area contributed by atoms with Crippen LogP contribution in [-0.4, -0.2) is 96.7 Å². The number of aliphatic hydroxyl groups is 1. The molecule has 17 nitrogen and oxygen atoms in total. The molecule has 0 rings (SSSR count). The van der Waals surface area contributed by atoms with Gasteiger partial charge in [-0.15, -0.1) is 0 Å². The van der Waals surface area contributed by atoms with Crippen LogP contribution in [0, 0.1) is 5.92 Å². The van der Waals surface area contributed by atoms with Crippen molar-refractivity contribution in [2.45, 2.75) is 457 Å². The number of rotatable bonds is 82. The Labute approximate surface area is 619 Å². The second-order valence-corrected chi connectivity index (χ2v) is 32.7. The average molecular weight is 1480 g/mol. The predicted molar refractivity (Wildman–Crippen MR) is 414 cm³/mol. The van der Waals surface area contributed by atoms with Gasteiger partial charge in [-0.05, 0) is 31.6 Å². The Kier molecular flexibility index (Phi) is 73.5. The first-order valence-electron chi connectivity index (χ1n) is 42.7. The van der Waals surface area contributed by atoms with Crippen LogP contribution in [0.1, 0.15) is 439 Å². The first-order valence-corrected chi connectivity index (χ1v) is 45.7. The second kappa shape index (κ2) is 74.9. The number of hydrogen-bond acceptors (Lipinski definition) is 15. The molecule has 101 heavy (non-hydrogen) atoms. The summed E-state index contributed by atoms with van der Waals surface area (Å²) < 4.78 is 68.8. The normalized spacial score (nSPS) is 14.1. The summed E-state index contributed by atoms with van der Waals surface area (Å²) in [7, 11) is -9.92. The van der Waals surface area contributed by atoms with Crippen molar-refractivity contribution in [2.24, 2.45) is 5.92 Å². The minimum Gasteiger partial charge on any atom is -0.462 e. The lowest BCUT2D eigenvalue weighted by Crippen LogP contribution is -2.30. The fraction of sp³-hybridized carbons (Fsp3) is 0.951. The van der Waals surface area contributed by atoms with Crippen molar-refractivity contribution in [3.63, 3.8) is 0 Å². The molecule has 0 aliphatic rings. The minimum atomic E-state index is -4.96. The maximum Gasteiger partial charge on any atom is 0.472 e. The van der Waals surface area contributed by atoms with Gasteiger partial charge in [-0.25, -0.2) is 9.13 Å². The lowest BCUT2D eigenvalue weighted by Gasteiger charge is -2.21. The lowest BCUT2D eigenvalue weighted by atomic mass is 9.99. The second-order valence-electron chi connectivity index (χ2n) is 29.8. The highest BCUT2D eigenvalue weighted by atomic mass is 31.2. The number of carbonyl (C=O) groups excluding carboxylic acids is 4. The Bertz CT molecular complexity index is 1930. The number of aliphatic hydroxyl groups excluding tert-OH is 1. The molecular weight excluding hydrogens is 1320 g/mol. The van der Waals surface area contributed by atoms with Crippen LogP contribution < -0.4 is 0 Å². The molecule has 0 aromatic heterocycles. The van der Waals surface area contributed by atoms with E-state index in [1.807, 2.05) is 0 Å². The molecule has 0 amide bonds. The standard InChI is InChI=1S/C82H160O17P2/c1-6-10-13-16-19-22-25-28-30-31-32-33-34-36-38-41-47-52-57-62-67-81(86)98-77(71-93-80(85)66-61-56-51-46-40-37-35-29-26-23-20-17-14-11-7-2)73-96-100(88,89)94-69-76(83)70-95-101(90,91)97-74-78(72-92-79(84)65-60-55-50-45-39-27-24-21-18-15-12-8-3)99-82(87)68-63-58-53-48-43-42-44-49-54-59-64-75(5)9-4/h75-78,83H,6-74H2,1-5H3,(H,88,89)(H,90,91)/t75?,76-,77-,78-/m1/s1. The molecule has 0 saturated carbocycles. The summed E-state index contributed by atoms with van der Waals surface area (Å²) in [6, 6.07) is 0. The number of carbonyl (C=O) groups is 4. The molecule has 6 atom stereocenters. The van der Waals surface area contributed by atoms with Gasteiger partial charge in [-0.3, -0.25) is 37.3 Å². The molecule has 600 valence electrons. The molecule has 3 N–H and O–H groups in total. The molecule has 0 bridgehead atoms. The molecular formula is C82H160O17P2. The first-order chi connectivity index (χ1) is 49.1. The minimum absolute atomic E-state index is 0.107. The molecule has 0 aliphatic carbocycles. The van der Waals surface area contributed by atoms with Gasteiger partial charge in [0.15, 0.2) is 12.2 Å². The number of phosphoric ester groups is 2. The van der Waals surface area contributed by atoms with Gasteiger partial charge >= 0.3 is 39.5 Å². The lowest BCUT2D eigenvalue weighted by molar-refractivity contribution is -0.161. The van der Waals surface area contributed by atoms with Gasteiger partial charge in [0.2, 0.25) is 0 Å². The predicted octanol–water partition coefficient (Wildman–Crippen LogP) is 24.8. The van der Waals surface area contributed by atoms with Crippen molar-refractivity contribution in [1.29, 1.82) is 0 Å².